The lowest BCUT2D eigenvalue weighted by Crippen LogP contribution is -2.54. The van der Waals surface area contributed by atoms with E-state index in [1.807, 2.05) is 12.1 Å². The minimum absolute atomic E-state index is 0.200. The highest BCUT2D eigenvalue weighted by atomic mass is 16.1. The van der Waals surface area contributed by atoms with E-state index in [4.69, 9.17) is 5.73 Å². The highest BCUT2D eigenvalue weighted by Crippen LogP contribution is 2.18. The van der Waals surface area contributed by atoms with Crippen LogP contribution in [0.15, 0.2) is 36.5 Å². The van der Waals surface area contributed by atoms with Gasteiger partial charge in [-0.1, -0.05) is 6.07 Å². The molecule has 0 unspecified atom stereocenters. The Morgan fingerprint density at radius 1 is 1.22 bits per heavy atom. The van der Waals surface area contributed by atoms with E-state index in [-0.39, 0.29) is 11.6 Å². The Morgan fingerprint density at radius 3 is 2.65 bits per heavy atom. The number of pyridine rings is 2. The number of nitrogen functional groups attached to an aromatic ring is 1. The molecule has 0 radical (unpaired) electrons. The Balaban J connectivity index is 1.88. The topological polar surface area (TPSA) is 84.1 Å². The highest BCUT2D eigenvalue weighted by molar-refractivity contribution is 6.10. The molecule has 2 aromatic rings. The van der Waals surface area contributed by atoms with Gasteiger partial charge in [0.25, 0.3) is 0 Å². The fraction of sp³-hybridized carbons (Fsp3) is 0.353. The van der Waals surface area contributed by atoms with Crippen LogP contribution in [-0.2, 0) is 0 Å². The van der Waals surface area contributed by atoms with E-state index in [9.17, 15) is 4.79 Å². The molecule has 3 heterocycles. The third-order valence-electron chi connectivity index (χ3n) is 3.93. The molecule has 0 bridgehead atoms. The van der Waals surface area contributed by atoms with Crippen LogP contribution < -0.4 is 16.0 Å². The van der Waals surface area contributed by atoms with Gasteiger partial charge in [0.2, 0.25) is 5.78 Å². The van der Waals surface area contributed by atoms with Crippen molar-refractivity contribution in [1.29, 1.82) is 0 Å². The molecule has 6 heteroatoms. The van der Waals surface area contributed by atoms with Crippen LogP contribution in [0.3, 0.4) is 0 Å². The van der Waals surface area contributed by atoms with E-state index in [1.54, 1.807) is 24.4 Å². The number of piperazine rings is 1. The molecule has 1 saturated heterocycles. The molecule has 0 spiro atoms. The summed E-state index contributed by atoms with van der Waals surface area (Å²) in [5, 5.41) is 3.49. The number of hydrogen-bond acceptors (Lipinski definition) is 6. The maximum Gasteiger partial charge on any atom is 0.215 e. The zero-order valence-electron chi connectivity index (χ0n) is 13.4. The van der Waals surface area contributed by atoms with Crippen molar-refractivity contribution in [2.24, 2.45) is 0 Å². The van der Waals surface area contributed by atoms with Gasteiger partial charge >= 0.3 is 0 Å². The molecule has 3 rings (SSSR count). The van der Waals surface area contributed by atoms with Crippen LogP contribution in [0.25, 0.3) is 0 Å². The fourth-order valence-corrected chi connectivity index (χ4v) is 2.99. The van der Waals surface area contributed by atoms with Crippen LogP contribution >= 0.6 is 0 Å². The van der Waals surface area contributed by atoms with Gasteiger partial charge in [-0.3, -0.25) is 4.79 Å². The fourth-order valence-electron chi connectivity index (χ4n) is 2.99. The molecule has 0 saturated carbocycles. The molecule has 0 aliphatic carbocycles. The third kappa shape index (κ3) is 3.32. The first-order valence-electron chi connectivity index (χ1n) is 7.78. The summed E-state index contributed by atoms with van der Waals surface area (Å²) in [6.07, 6.45) is 1.57. The highest BCUT2D eigenvalue weighted by Gasteiger charge is 2.23. The van der Waals surface area contributed by atoms with Crippen LogP contribution in [0.1, 0.15) is 29.9 Å². The number of nitrogens with two attached hydrogens (primary N) is 1. The van der Waals surface area contributed by atoms with Crippen molar-refractivity contribution in [2.45, 2.75) is 25.9 Å². The molecule has 1 aliphatic heterocycles. The van der Waals surface area contributed by atoms with E-state index in [1.165, 1.54) is 0 Å². The second-order valence-corrected chi connectivity index (χ2v) is 6.02. The van der Waals surface area contributed by atoms with E-state index in [0.29, 0.717) is 23.3 Å². The van der Waals surface area contributed by atoms with E-state index in [2.05, 4.69) is 34.0 Å². The molecule has 0 aromatic carbocycles. The van der Waals surface area contributed by atoms with Crippen LogP contribution in [0.4, 0.5) is 11.6 Å². The van der Waals surface area contributed by atoms with Crippen LogP contribution in [-0.4, -0.2) is 40.9 Å². The molecule has 120 valence electrons. The smallest absolute Gasteiger partial charge is 0.215 e. The molecule has 6 nitrogen and oxygen atoms in total. The lowest BCUT2D eigenvalue weighted by Gasteiger charge is -2.37. The summed E-state index contributed by atoms with van der Waals surface area (Å²) >= 11 is 0. The Kier molecular flexibility index (Phi) is 4.25. The first-order valence-corrected chi connectivity index (χ1v) is 7.78. The summed E-state index contributed by atoms with van der Waals surface area (Å²) in [7, 11) is 0. The van der Waals surface area contributed by atoms with Crippen molar-refractivity contribution in [3.05, 3.63) is 47.8 Å². The molecule has 1 fully saturated rings. The summed E-state index contributed by atoms with van der Waals surface area (Å²) in [5.41, 5.74) is 6.58. The lowest BCUT2D eigenvalue weighted by atomic mass is 10.1. The Bertz CT molecular complexity index is 708. The predicted octanol–water partition coefficient (Wildman–Crippen LogP) is 1.48. The van der Waals surface area contributed by atoms with E-state index >= 15 is 0 Å². The van der Waals surface area contributed by atoms with Gasteiger partial charge in [0.15, 0.2) is 0 Å². The minimum atomic E-state index is -0.200. The monoisotopic (exact) mass is 311 g/mol. The quantitative estimate of drug-likeness (QED) is 0.835. The van der Waals surface area contributed by atoms with Crippen LogP contribution in [0.2, 0.25) is 0 Å². The van der Waals surface area contributed by atoms with Gasteiger partial charge in [0.05, 0.1) is 5.56 Å². The second-order valence-electron chi connectivity index (χ2n) is 6.02. The largest absolute Gasteiger partial charge is 0.383 e. The zero-order chi connectivity index (χ0) is 16.4. The van der Waals surface area contributed by atoms with E-state index in [0.717, 1.165) is 18.9 Å². The van der Waals surface area contributed by atoms with Gasteiger partial charge in [-0.2, -0.15) is 0 Å². The summed E-state index contributed by atoms with van der Waals surface area (Å²) in [6.45, 7) is 6.02. The van der Waals surface area contributed by atoms with Crippen molar-refractivity contribution in [1.82, 2.24) is 15.3 Å². The average Bonchev–Trinajstić information content (AvgIpc) is 2.54. The summed E-state index contributed by atoms with van der Waals surface area (Å²) < 4.78 is 0. The average molecular weight is 311 g/mol. The number of hydrogen-bond donors (Lipinski definition) is 2. The molecule has 2 aromatic heterocycles. The molecular formula is C17H21N5O. The Hall–Kier alpha value is -2.47. The molecule has 3 N–H and O–H groups in total. The molecule has 2 atom stereocenters. The number of nitrogens with zero attached hydrogens (tertiary/aromatic N) is 3. The number of carbonyl (C=O) groups excluding carboxylic acids is 1. The molecule has 0 amide bonds. The van der Waals surface area contributed by atoms with Gasteiger partial charge in [-0.05, 0) is 38.1 Å². The summed E-state index contributed by atoms with van der Waals surface area (Å²) in [4.78, 5) is 23.3. The normalized spacial score (nSPS) is 21.2. The first kappa shape index (κ1) is 15.4. The van der Waals surface area contributed by atoms with Crippen LogP contribution in [0, 0.1) is 0 Å². The predicted molar refractivity (Wildman–Crippen MR) is 90.6 cm³/mol. The first-order chi connectivity index (χ1) is 11.0. The van der Waals surface area contributed by atoms with E-state index < -0.39 is 0 Å². The Morgan fingerprint density at radius 2 is 1.96 bits per heavy atom. The number of ketones is 1. The second kappa shape index (κ2) is 6.34. The van der Waals surface area contributed by atoms with Gasteiger partial charge in [0, 0.05) is 31.4 Å². The number of rotatable bonds is 3. The van der Waals surface area contributed by atoms with Crippen molar-refractivity contribution >= 4 is 17.4 Å². The lowest BCUT2D eigenvalue weighted by molar-refractivity contribution is 0.103. The summed E-state index contributed by atoms with van der Waals surface area (Å²) in [6, 6.07) is 9.66. The maximum absolute atomic E-state index is 12.6. The van der Waals surface area contributed by atoms with Gasteiger partial charge in [0.1, 0.15) is 17.3 Å². The minimum Gasteiger partial charge on any atom is -0.383 e. The van der Waals surface area contributed by atoms with Crippen molar-refractivity contribution < 1.29 is 4.79 Å². The zero-order valence-corrected chi connectivity index (χ0v) is 13.4. The summed E-state index contributed by atoms with van der Waals surface area (Å²) in [5.74, 6) is 0.848. The SMILES string of the molecule is C[C@H]1CN(c2cccc(C(=O)c3cccnc3N)n2)C[C@H](C)N1. The number of nitrogens with one attached hydrogen (secondary N) is 1. The molecular weight excluding hydrogens is 290 g/mol. The van der Waals surface area contributed by atoms with Crippen LogP contribution in [0.5, 0.6) is 0 Å². The van der Waals surface area contributed by atoms with Gasteiger partial charge < -0.3 is 16.0 Å². The number of aromatic nitrogens is 2. The molecule has 1 aliphatic rings. The van der Waals surface area contributed by atoms with Gasteiger partial charge in [-0.25, -0.2) is 9.97 Å². The van der Waals surface area contributed by atoms with Crippen molar-refractivity contribution in [2.75, 3.05) is 23.7 Å². The number of carbonyl (C=O) groups is 1. The number of anilines is 2. The molecule has 23 heavy (non-hydrogen) atoms. The Labute approximate surface area is 135 Å². The van der Waals surface area contributed by atoms with Gasteiger partial charge in [-0.15, -0.1) is 0 Å². The third-order valence-corrected chi connectivity index (χ3v) is 3.93. The van der Waals surface area contributed by atoms with Crippen molar-refractivity contribution in [3.8, 4) is 0 Å². The van der Waals surface area contributed by atoms with Crippen molar-refractivity contribution in [3.63, 3.8) is 0 Å². The maximum atomic E-state index is 12.6. The standard InChI is InChI=1S/C17H21N5O/c1-11-9-22(10-12(2)20-11)15-7-3-6-14(21-15)16(23)13-5-4-8-19-17(13)18/h3-8,11-12,20H,9-10H2,1-2H3,(H2,18,19)/t11-,12-/m0/s1.